The molecular formula is C13H20N2O4S. The quantitative estimate of drug-likeness (QED) is 0.769. The highest BCUT2D eigenvalue weighted by atomic mass is 32.2. The maximum atomic E-state index is 12.9. The molecule has 3 N–H and O–H groups in total. The van der Waals surface area contributed by atoms with Gasteiger partial charge in [0.05, 0.1) is 24.0 Å². The van der Waals surface area contributed by atoms with Crippen LogP contribution in [0.1, 0.15) is 19.8 Å². The van der Waals surface area contributed by atoms with Crippen molar-refractivity contribution in [2.75, 3.05) is 19.0 Å². The van der Waals surface area contributed by atoms with Gasteiger partial charge in [0.1, 0.15) is 6.04 Å². The average molecular weight is 300 g/mol. The molecule has 0 aromatic heterocycles. The third-order valence-electron chi connectivity index (χ3n) is 4.59. The molecule has 0 aromatic rings. The summed E-state index contributed by atoms with van der Waals surface area (Å²) in [6, 6.07) is -1.10. The molecule has 3 fully saturated rings. The molecule has 0 spiro atoms. The molecule has 1 amide bonds. The zero-order valence-electron chi connectivity index (χ0n) is 11.4. The van der Waals surface area contributed by atoms with Crippen LogP contribution in [0.25, 0.3) is 0 Å². The number of nitrogens with zero attached hydrogens (tertiary/aromatic N) is 1. The molecule has 0 bridgehead atoms. The molecule has 0 aromatic carbocycles. The Morgan fingerprint density at radius 1 is 1.45 bits per heavy atom. The van der Waals surface area contributed by atoms with Crippen molar-refractivity contribution in [3.63, 3.8) is 0 Å². The molecule has 2 aliphatic heterocycles. The lowest BCUT2D eigenvalue weighted by molar-refractivity contribution is -0.154. The highest BCUT2D eigenvalue weighted by Gasteiger charge is 2.54. The van der Waals surface area contributed by atoms with E-state index in [1.807, 2.05) is 0 Å². The van der Waals surface area contributed by atoms with Crippen LogP contribution in [0.4, 0.5) is 0 Å². The number of rotatable bonds is 3. The van der Waals surface area contributed by atoms with E-state index in [0.717, 1.165) is 12.8 Å². The van der Waals surface area contributed by atoms with Gasteiger partial charge in [0.25, 0.3) is 0 Å². The molecule has 3 aliphatic rings. The van der Waals surface area contributed by atoms with E-state index in [1.54, 1.807) is 23.6 Å². The van der Waals surface area contributed by atoms with Crippen molar-refractivity contribution in [3.05, 3.63) is 0 Å². The second-order valence-corrected chi connectivity index (χ2v) is 7.32. The largest absolute Gasteiger partial charge is 0.480 e. The molecule has 2 heterocycles. The predicted octanol–water partition coefficient (Wildman–Crippen LogP) is 0.115. The van der Waals surface area contributed by atoms with Crippen molar-refractivity contribution in [2.45, 2.75) is 37.2 Å². The van der Waals surface area contributed by atoms with E-state index in [4.69, 9.17) is 10.5 Å². The van der Waals surface area contributed by atoms with Crippen LogP contribution < -0.4 is 5.73 Å². The predicted molar refractivity (Wildman–Crippen MR) is 74.1 cm³/mol. The first-order valence-electron chi connectivity index (χ1n) is 6.95. The normalized spacial score (nSPS) is 41.1. The summed E-state index contributed by atoms with van der Waals surface area (Å²) in [6.45, 7) is 2.42. The zero-order valence-corrected chi connectivity index (χ0v) is 12.3. The Bertz CT molecular complexity index is 442. The molecule has 20 heavy (non-hydrogen) atoms. The van der Waals surface area contributed by atoms with Crippen LogP contribution in [-0.2, 0) is 14.3 Å². The van der Waals surface area contributed by atoms with Gasteiger partial charge in [0.15, 0.2) is 0 Å². The van der Waals surface area contributed by atoms with Crippen molar-refractivity contribution in [1.82, 2.24) is 4.90 Å². The minimum atomic E-state index is -0.926. The van der Waals surface area contributed by atoms with Gasteiger partial charge in [-0.3, -0.25) is 4.79 Å². The van der Waals surface area contributed by atoms with Crippen LogP contribution in [-0.4, -0.2) is 58.3 Å². The molecule has 4 atom stereocenters. The first-order valence-corrected chi connectivity index (χ1v) is 8.00. The minimum absolute atomic E-state index is 0.00627. The molecule has 7 heteroatoms. The SMILES string of the molecule is CC1(C(=O)N2C(C(=O)O)CSC2C2CC2)COCC1N. The number of carboxylic acids is 1. The fourth-order valence-electron chi connectivity index (χ4n) is 2.92. The van der Waals surface area contributed by atoms with E-state index in [-0.39, 0.29) is 23.9 Å². The second kappa shape index (κ2) is 4.89. The Hall–Kier alpha value is -0.790. The summed E-state index contributed by atoms with van der Waals surface area (Å²) >= 11 is 1.59. The highest BCUT2D eigenvalue weighted by molar-refractivity contribution is 8.00. The van der Waals surface area contributed by atoms with Crippen molar-refractivity contribution in [3.8, 4) is 0 Å². The Kier molecular flexibility index (Phi) is 3.46. The van der Waals surface area contributed by atoms with Gasteiger partial charge in [-0.15, -0.1) is 11.8 Å². The van der Waals surface area contributed by atoms with Gasteiger partial charge in [-0.05, 0) is 25.7 Å². The third-order valence-corrected chi connectivity index (χ3v) is 6.05. The molecule has 4 unspecified atom stereocenters. The van der Waals surface area contributed by atoms with E-state index >= 15 is 0 Å². The fraction of sp³-hybridized carbons (Fsp3) is 0.846. The number of nitrogens with two attached hydrogens (primary N) is 1. The summed E-state index contributed by atoms with van der Waals surface area (Å²) in [5.74, 6) is -0.175. The minimum Gasteiger partial charge on any atom is -0.480 e. The molecule has 6 nitrogen and oxygen atoms in total. The maximum absolute atomic E-state index is 12.9. The average Bonchev–Trinajstić information content (AvgIpc) is 3.06. The standard InChI is InChI=1S/C13H20N2O4S/c1-13(6-19-4-9(13)14)12(18)15-8(11(16)17)5-20-10(15)7-2-3-7/h7-10H,2-6,14H2,1H3,(H,16,17). The summed E-state index contributed by atoms with van der Waals surface area (Å²) in [5.41, 5.74) is 5.21. The Morgan fingerprint density at radius 3 is 2.65 bits per heavy atom. The molecule has 3 rings (SSSR count). The van der Waals surface area contributed by atoms with E-state index in [1.165, 1.54) is 0 Å². The van der Waals surface area contributed by atoms with Crippen molar-refractivity contribution in [2.24, 2.45) is 17.1 Å². The number of ether oxygens (including phenoxy) is 1. The van der Waals surface area contributed by atoms with Gasteiger partial charge in [-0.2, -0.15) is 0 Å². The van der Waals surface area contributed by atoms with Crippen molar-refractivity contribution >= 4 is 23.6 Å². The summed E-state index contributed by atoms with van der Waals surface area (Å²) in [7, 11) is 0. The van der Waals surface area contributed by atoms with Crippen LogP contribution in [0.15, 0.2) is 0 Å². The number of amides is 1. The molecular weight excluding hydrogens is 280 g/mol. The topological polar surface area (TPSA) is 92.9 Å². The molecule has 112 valence electrons. The van der Waals surface area contributed by atoms with Crippen molar-refractivity contribution < 1.29 is 19.4 Å². The highest BCUT2D eigenvalue weighted by Crippen LogP contribution is 2.47. The summed E-state index contributed by atoms with van der Waals surface area (Å²) in [4.78, 5) is 25.9. The first-order chi connectivity index (χ1) is 9.45. The summed E-state index contributed by atoms with van der Waals surface area (Å²) in [5, 5.41) is 9.37. The number of hydrogen-bond acceptors (Lipinski definition) is 5. The second-order valence-electron chi connectivity index (χ2n) is 6.17. The van der Waals surface area contributed by atoms with Gasteiger partial charge in [0.2, 0.25) is 5.91 Å². The lowest BCUT2D eigenvalue weighted by Gasteiger charge is -2.35. The zero-order chi connectivity index (χ0) is 14.5. The van der Waals surface area contributed by atoms with E-state index < -0.39 is 17.4 Å². The number of aliphatic carboxylic acids is 1. The van der Waals surface area contributed by atoms with E-state index in [0.29, 0.717) is 18.3 Å². The van der Waals surface area contributed by atoms with Gasteiger partial charge in [-0.25, -0.2) is 4.79 Å². The smallest absolute Gasteiger partial charge is 0.327 e. The third kappa shape index (κ3) is 2.12. The maximum Gasteiger partial charge on any atom is 0.327 e. The van der Waals surface area contributed by atoms with Crippen LogP contribution in [0.2, 0.25) is 0 Å². The van der Waals surface area contributed by atoms with Crippen LogP contribution in [0, 0.1) is 11.3 Å². The number of carbonyl (C=O) groups excluding carboxylic acids is 1. The Balaban J connectivity index is 1.87. The van der Waals surface area contributed by atoms with Crippen LogP contribution >= 0.6 is 11.8 Å². The molecule has 1 saturated carbocycles. The van der Waals surface area contributed by atoms with Crippen LogP contribution in [0.3, 0.4) is 0 Å². The van der Waals surface area contributed by atoms with E-state index in [2.05, 4.69) is 0 Å². The van der Waals surface area contributed by atoms with Crippen LogP contribution in [0.5, 0.6) is 0 Å². The summed E-state index contributed by atoms with van der Waals surface area (Å²) < 4.78 is 5.33. The number of carboxylic acid groups (broad SMARTS) is 1. The number of thioether (sulfide) groups is 1. The first kappa shape index (κ1) is 14.2. The fourth-order valence-corrected chi connectivity index (χ4v) is 4.55. The Morgan fingerprint density at radius 2 is 2.15 bits per heavy atom. The van der Waals surface area contributed by atoms with Crippen molar-refractivity contribution in [1.29, 1.82) is 0 Å². The van der Waals surface area contributed by atoms with E-state index in [9.17, 15) is 14.7 Å². The molecule has 1 aliphatic carbocycles. The van der Waals surface area contributed by atoms with Gasteiger partial charge in [-0.1, -0.05) is 0 Å². The molecule has 2 saturated heterocycles. The monoisotopic (exact) mass is 300 g/mol. The lowest BCUT2D eigenvalue weighted by atomic mass is 9.83. The number of hydrogen-bond donors (Lipinski definition) is 2. The number of carbonyl (C=O) groups is 2. The van der Waals surface area contributed by atoms with Gasteiger partial charge in [0, 0.05) is 11.8 Å². The Labute approximate surface area is 122 Å². The van der Waals surface area contributed by atoms with Gasteiger partial charge < -0.3 is 20.5 Å². The molecule has 0 radical (unpaired) electrons. The summed E-state index contributed by atoms with van der Waals surface area (Å²) in [6.07, 6.45) is 2.15. The lowest BCUT2D eigenvalue weighted by Crippen LogP contribution is -2.56. The van der Waals surface area contributed by atoms with Gasteiger partial charge >= 0.3 is 5.97 Å².